The fourth-order valence-corrected chi connectivity index (χ4v) is 2.52. The Morgan fingerprint density at radius 2 is 2.24 bits per heavy atom. The molecule has 0 saturated carbocycles. The molecular formula is C14H21FN2. The first-order valence-corrected chi connectivity index (χ1v) is 6.38. The van der Waals surface area contributed by atoms with Crippen LogP contribution in [0.1, 0.15) is 25.8 Å². The summed E-state index contributed by atoms with van der Waals surface area (Å²) in [6, 6.07) is 6.29. The van der Waals surface area contributed by atoms with E-state index in [9.17, 15) is 4.39 Å². The molecule has 94 valence electrons. The van der Waals surface area contributed by atoms with Crippen LogP contribution in [0.3, 0.4) is 0 Å². The molecule has 1 heterocycles. The molecule has 0 aliphatic carbocycles. The van der Waals surface area contributed by atoms with Crippen molar-refractivity contribution in [3.8, 4) is 0 Å². The van der Waals surface area contributed by atoms with E-state index >= 15 is 0 Å². The number of rotatable bonds is 2. The Morgan fingerprint density at radius 1 is 1.47 bits per heavy atom. The summed E-state index contributed by atoms with van der Waals surface area (Å²) in [5.74, 6) is -0.108. The minimum absolute atomic E-state index is 0.108. The van der Waals surface area contributed by atoms with Gasteiger partial charge < -0.3 is 10.2 Å². The highest BCUT2D eigenvalue weighted by Crippen LogP contribution is 2.26. The largest absolute Gasteiger partial charge is 0.365 e. The van der Waals surface area contributed by atoms with Gasteiger partial charge >= 0.3 is 0 Å². The van der Waals surface area contributed by atoms with Gasteiger partial charge in [0.25, 0.3) is 0 Å². The number of nitrogens with one attached hydrogen (secondary N) is 1. The second kappa shape index (κ2) is 5.05. The molecule has 0 amide bonds. The van der Waals surface area contributed by atoms with E-state index in [2.05, 4.69) is 24.1 Å². The number of nitrogens with zero attached hydrogens (tertiary/aromatic N) is 1. The molecule has 2 rings (SSSR count). The van der Waals surface area contributed by atoms with Crippen LogP contribution in [-0.2, 0) is 0 Å². The van der Waals surface area contributed by atoms with Crippen LogP contribution in [0.4, 0.5) is 10.1 Å². The molecule has 1 N–H and O–H groups in total. The van der Waals surface area contributed by atoms with Crippen LogP contribution in [-0.4, -0.2) is 25.2 Å². The lowest BCUT2D eigenvalue weighted by atomic mass is 10.0. The Balaban J connectivity index is 2.32. The third kappa shape index (κ3) is 2.44. The van der Waals surface area contributed by atoms with Crippen molar-refractivity contribution in [2.75, 3.05) is 18.0 Å². The fraction of sp³-hybridized carbons (Fsp3) is 0.571. The van der Waals surface area contributed by atoms with E-state index in [1.54, 1.807) is 6.07 Å². The maximum Gasteiger partial charge on any atom is 0.128 e. The zero-order chi connectivity index (χ0) is 12.4. The van der Waals surface area contributed by atoms with Gasteiger partial charge in [-0.3, -0.25) is 0 Å². The van der Waals surface area contributed by atoms with E-state index in [0.717, 1.165) is 30.8 Å². The molecule has 2 atom stereocenters. The number of piperazine rings is 1. The van der Waals surface area contributed by atoms with Crippen LogP contribution in [0.15, 0.2) is 18.2 Å². The third-order valence-electron chi connectivity index (χ3n) is 3.63. The van der Waals surface area contributed by atoms with Crippen molar-refractivity contribution in [2.24, 2.45) is 0 Å². The summed E-state index contributed by atoms with van der Waals surface area (Å²) in [7, 11) is 0. The molecule has 0 bridgehead atoms. The first-order chi connectivity index (χ1) is 8.13. The summed E-state index contributed by atoms with van der Waals surface area (Å²) >= 11 is 0. The Bertz CT molecular complexity index is 392. The topological polar surface area (TPSA) is 15.3 Å². The standard InChI is InChI=1S/C14H21FN2/c1-4-12-8-16-10(2)9-17(12)14-7-5-6-13(15)11(14)3/h5-7,10,12,16H,4,8-9H2,1-3H3. The molecule has 0 radical (unpaired) electrons. The molecule has 1 saturated heterocycles. The number of benzene rings is 1. The lowest BCUT2D eigenvalue weighted by Crippen LogP contribution is -2.55. The van der Waals surface area contributed by atoms with Crippen molar-refractivity contribution in [2.45, 2.75) is 39.3 Å². The normalized spacial score (nSPS) is 25.1. The summed E-state index contributed by atoms with van der Waals surface area (Å²) in [6.45, 7) is 8.15. The molecule has 2 nitrogen and oxygen atoms in total. The Morgan fingerprint density at radius 3 is 2.94 bits per heavy atom. The van der Waals surface area contributed by atoms with Crippen molar-refractivity contribution in [3.05, 3.63) is 29.6 Å². The second-order valence-electron chi connectivity index (χ2n) is 4.91. The van der Waals surface area contributed by atoms with E-state index in [1.165, 1.54) is 6.07 Å². The first-order valence-electron chi connectivity index (χ1n) is 6.38. The van der Waals surface area contributed by atoms with Crippen molar-refractivity contribution in [3.63, 3.8) is 0 Å². The average Bonchev–Trinajstić information content (AvgIpc) is 2.33. The van der Waals surface area contributed by atoms with Crippen LogP contribution in [0.5, 0.6) is 0 Å². The van der Waals surface area contributed by atoms with Gasteiger partial charge in [0.05, 0.1) is 0 Å². The number of halogens is 1. The smallest absolute Gasteiger partial charge is 0.128 e. The molecule has 0 aromatic heterocycles. The summed E-state index contributed by atoms with van der Waals surface area (Å²) in [5, 5.41) is 3.48. The highest BCUT2D eigenvalue weighted by molar-refractivity contribution is 5.55. The summed E-state index contributed by atoms with van der Waals surface area (Å²) < 4.78 is 13.6. The van der Waals surface area contributed by atoms with E-state index in [0.29, 0.717) is 12.1 Å². The average molecular weight is 236 g/mol. The Kier molecular flexibility index (Phi) is 3.67. The number of hydrogen-bond donors (Lipinski definition) is 1. The van der Waals surface area contributed by atoms with Crippen LogP contribution in [0, 0.1) is 12.7 Å². The molecular weight excluding hydrogens is 215 g/mol. The molecule has 1 aliphatic heterocycles. The summed E-state index contributed by atoms with van der Waals surface area (Å²) in [5.41, 5.74) is 1.81. The van der Waals surface area contributed by atoms with E-state index in [4.69, 9.17) is 0 Å². The quantitative estimate of drug-likeness (QED) is 0.849. The molecule has 2 unspecified atom stereocenters. The number of hydrogen-bond acceptors (Lipinski definition) is 2. The van der Waals surface area contributed by atoms with E-state index in [1.807, 2.05) is 13.0 Å². The Labute approximate surface area is 103 Å². The zero-order valence-corrected chi connectivity index (χ0v) is 10.8. The third-order valence-corrected chi connectivity index (χ3v) is 3.63. The van der Waals surface area contributed by atoms with Crippen LogP contribution in [0.25, 0.3) is 0 Å². The molecule has 1 aromatic rings. The second-order valence-corrected chi connectivity index (χ2v) is 4.91. The van der Waals surface area contributed by atoms with Crippen LogP contribution < -0.4 is 10.2 Å². The van der Waals surface area contributed by atoms with Gasteiger partial charge in [-0.1, -0.05) is 13.0 Å². The van der Waals surface area contributed by atoms with Gasteiger partial charge in [-0.25, -0.2) is 4.39 Å². The van der Waals surface area contributed by atoms with Crippen LogP contribution >= 0.6 is 0 Å². The van der Waals surface area contributed by atoms with Gasteiger partial charge in [0, 0.05) is 36.4 Å². The van der Waals surface area contributed by atoms with Gasteiger partial charge in [-0.15, -0.1) is 0 Å². The Hall–Kier alpha value is -1.09. The highest BCUT2D eigenvalue weighted by Gasteiger charge is 2.25. The van der Waals surface area contributed by atoms with Gasteiger partial charge in [-0.2, -0.15) is 0 Å². The molecule has 1 aliphatic rings. The molecule has 0 spiro atoms. The van der Waals surface area contributed by atoms with Crippen molar-refractivity contribution < 1.29 is 4.39 Å². The molecule has 3 heteroatoms. The van der Waals surface area contributed by atoms with Gasteiger partial charge in [0.1, 0.15) is 5.82 Å². The van der Waals surface area contributed by atoms with Gasteiger partial charge in [0.15, 0.2) is 0 Å². The molecule has 1 fully saturated rings. The molecule has 1 aromatic carbocycles. The van der Waals surface area contributed by atoms with Crippen molar-refractivity contribution >= 4 is 5.69 Å². The predicted molar refractivity (Wildman–Crippen MR) is 70.0 cm³/mol. The summed E-state index contributed by atoms with van der Waals surface area (Å²) in [6.07, 6.45) is 1.08. The van der Waals surface area contributed by atoms with Crippen LogP contribution in [0.2, 0.25) is 0 Å². The van der Waals surface area contributed by atoms with Gasteiger partial charge in [0.2, 0.25) is 0 Å². The minimum atomic E-state index is -0.108. The lowest BCUT2D eigenvalue weighted by Gasteiger charge is -2.41. The lowest BCUT2D eigenvalue weighted by molar-refractivity contribution is 0.401. The summed E-state index contributed by atoms with van der Waals surface area (Å²) in [4.78, 5) is 2.35. The van der Waals surface area contributed by atoms with Gasteiger partial charge in [-0.05, 0) is 32.4 Å². The monoisotopic (exact) mass is 236 g/mol. The van der Waals surface area contributed by atoms with E-state index < -0.39 is 0 Å². The minimum Gasteiger partial charge on any atom is -0.365 e. The van der Waals surface area contributed by atoms with Crippen molar-refractivity contribution in [1.82, 2.24) is 5.32 Å². The first kappa shape index (κ1) is 12.4. The maximum atomic E-state index is 13.6. The van der Waals surface area contributed by atoms with Crippen molar-refractivity contribution in [1.29, 1.82) is 0 Å². The molecule has 17 heavy (non-hydrogen) atoms. The predicted octanol–water partition coefficient (Wildman–Crippen LogP) is 2.71. The number of anilines is 1. The highest BCUT2D eigenvalue weighted by atomic mass is 19.1. The fourth-order valence-electron chi connectivity index (χ4n) is 2.52. The SMILES string of the molecule is CCC1CNC(C)CN1c1cccc(F)c1C. The van der Waals surface area contributed by atoms with E-state index in [-0.39, 0.29) is 5.82 Å². The zero-order valence-electron chi connectivity index (χ0n) is 10.8. The maximum absolute atomic E-state index is 13.6.